The first-order valence-electron chi connectivity index (χ1n) is 9.76. The van der Waals surface area contributed by atoms with Crippen molar-refractivity contribution in [1.29, 1.82) is 0 Å². The molecule has 1 aromatic heterocycles. The smallest absolute Gasteiger partial charge is 0.352 e. The molecule has 0 unspecified atom stereocenters. The van der Waals surface area contributed by atoms with E-state index in [1.807, 2.05) is 11.8 Å². The first-order chi connectivity index (χ1) is 14.3. The van der Waals surface area contributed by atoms with Gasteiger partial charge in [0.05, 0.1) is 23.4 Å². The highest BCUT2D eigenvalue weighted by Crippen LogP contribution is 2.32. The molecule has 2 amide bonds. The topological polar surface area (TPSA) is 65.5 Å². The van der Waals surface area contributed by atoms with Gasteiger partial charge in [-0.25, -0.2) is 4.98 Å². The summed E-state index contributed by atoms with van der Waals surface area (Å²) in [5, 5.41) is 2.77. The lowest BCUT2D eigenvalue weighted by Crippen LogP contribution is -2.48. The molecule has 0 saturated carbocycles. The van der Waals surface area contributed by atoms with Crippen LogP contribution in [-0.4, -0.2) is 48.0 Å². The molecule has 0 aliphatic carbocycles. The molecule has 2 aromatic rings. The van der Waals surface area contributed by atoms with Gasteiger partial charge in [0.25, 0.3) is 11.8 Å². The van der Waals surface area contributed by atoms with Crippen LogP contribution in [0.5, 0.6) is 0 Å². The van der Waals surface area contributed by atoms with E-state index in [0.29, 0.717) is 37.4 Å². The average molecular weight is 420 g/mol. The Bertz CT molecular complexity index is 900. The lowest BCUT2D eigenvalue weighted by molar-refractivity contribution is -0.138. The summed E-state index contributed by atoms with van der Waals surface area (Å²) in [7, 11) is 0. The standard InChI is InChI=1S/C21H23F3N4O2/c1-2-10-25-19(29)15-8-9-18(26-13-15)27-11-5-12-28(14-27)20(30)16-6-3-4-7-17(16)21(22,23)24/h3-4,6-9,13H,2,5,10-12,14H2,1H3,(H,25,29). The summed E-state index contributed by atoms with van der Waals surface area (Å²) in [5.74, 6) is -0.318. The van der Waals surface area contributed by atoms with Crippen molar-refractivity contribution < 1.29 is 22.8 Å². The van der Waals surface area contributed by atoms with E-state index in [-0.39, 0.29) is 18.1 Å². The van der Waals surface area contributed by atoms with Crippen molar-refractivity contribution in [3.05, 3.63) is 59.3 Å². The van der Waals surface area contributed by atoms with Gasteiger partial charge in [0.1, 0.15) is 5.82 Å². The molecule has 9 heteroatoms. The van der Waals surface area contributed by atoms with Crippen molar-refractivity contribution in [1.82, 2.24) is 15.2 Å². The number of carbonyl (C=O) groups excluding carboxylic acids is 2. The number of benzene rings is 1. The molecule has 2 heterocycles. The van der Waals surface area contributed by atoms with Gasteiger partial charge in [0, 0.05) is 25.8 Å². The van der Waals surface area contributed by atoms with Gasteiger partial charge in [-0.2, -0.15) is 13.2 Å². The number of hydrogen-bond acceptors (Lipinski definition) is 4. The second-order valence-corrected chi connectivity index (χ2v) is 7.03. The third-order valence-electron chi connectivity index (χ3n) is 4.82. The molecule has 160 valence electrons. The van der Waals surface area contributed by atoms with E-state index in [1.54, 1.807) is 12.1 Å². The molecule has 0 bridgehead atoms. The van der Waals surface area contributed by atoms with Crippen molar-refractivity contribution in [2.75, 3.05) is 31.2 Å². The summed E-state index contributed by atoms with van der Waals surface area (Å²) in [6.07, 6.45) is -1.72. The highest BCUT2D eigenvalue weighted by atomic mass is 19.4. The highest BCUT2D eigenvalue weighted by Gasteiger charge is 2.36. The first-order valence-corrected chi connectivity index (χ1v) is 9.76. The van der Waals surface area contributed by atoms with Gasteiger partial charge in [0.2, 0.25) is 0 Å². The second-order valence-electron chi connectivity index (χ2n) is 7.03. The number of aromatic nitrogens is 1. The molecule has 30 heavy (non-hydrogen) atoms. The monoisotopic (exact) mass is 420 g/mol. The number of amides is 2. The minimum atomic E-state index is -4.60. The fraction of sp³-hybridized carbons (Fsp3) is 0.381. The maximum absolute atomic E-state index is 13.3. The molecule has 1 aliphatic rings. The maximum Gasteiger partial charge on any atom is 0.417 e. The quantitative estimate of drug-likeness (QED) is 0.804. The Balaban J connectivity index is 1.73. The van der Waals surface area contributed by atoms with Crippen LogP contribution in [0, 0.1) is 0 Å². The zero-order chi connectivity index (χ0) is 21.7. The van der Waals surface area contributed by atoms with E-state index < -0.39 is 17.6 Å². The first kappa shape index (κ1) is 21.6. The molecule has 1 aromatic carbocycles. The highest BCUT2D eigenvalue weighted by molar-refractivity contribution is 5.96. The van der Waals surface area contributed by atoms with Crippen LogP contribution in [0.1, 0.15) is 46.0 Å². The van der Waals surface area contributed by atoms with Crippen molar-refractivity contribution >= 4 is 17.6 Å². The summed E-state index contributed by atoms with van der Waals surface area (Å²) in [6, 6.07) is 8.13. The van der Waals surface area contributed by atoms with Gasteiger partial charge in [-0.05, 0) is 37.1 Å². The van der Waals surface area contributed by atoms with Crippen LogP contribution in [0.25, 0.3) is 0 Å². The second kappa shape index (κ2) is 9.15. The number of hydrogen-bond donors (Lipinski definition) is 1. The number of alkyl halides is 3. The van der Waals surface area contributed by atoms with Crippen LogP contribution in [-0.2, 0) is 6.18 Å². The largest absolute Gasteiger partial charge is 0.417 e. The van der Waals surface area contributed by atoms with Crippen LogP contribution in [0.3, 0.4) is 0 Å². The molecule has 1 N–H and O–H groups in total. The SMILES string of the molecule is CCCNC(=O)c1ccc(N2CCCN(C(=O)c3ccccc3C(F)(F)F)C2)nc1. The van der Waals surface area contributed by atoms with E-state index in [9.17, 15) is 22.8 Å². The van der Waals surface area contributed by atoms with Crippen LogP contribution >= 0.6 is 0 Å². The minimum Gasteiger partial charge on any atom is -0.352 e. The Kier molecular flexibility index (Phi) is 6.59. The molecule has 0 spiro atoms. The van der Waals surface area contributed by atoms with Crippen LogP contribution in [0.4, 0.5) is 19.0 Å². The van der Waals surface area contributed by atoms with Crippen molar-refractivity contribution in [2.45, 2.75) is 25.9 Å². The summed E-state index contributed by atoms with van der Waals surface area (Å²) >= 11 is 0. The number of rotatable bonds is 5. The molecule has 6 nitrogen and oxygen atoms in total. The number of nitrogens with one attached hydrogen (secondary N) is 1. The van der Waals surface area contributed by atoms with Crippen LogP contribution < -0.4 is 10.2 Å². The Labute approximate surface area is 172 Å². The van der Waals surface area contributed by atoms with Gasteiger partial charge < -0.3 is 15.1 Å². The Morgan fingerprint density at radius 2 is 1.90 bits per heavy atom. The number of halogens is 3. The van der Waals surface area contributed by atoms with Gasteiger partial charge in [0.15, 0.2) is 0 Å². The molecular weight excluding hydrogens is 397 g/mol. The third kappa shape index (κ3) is 4.90. The molecule has 1 saturated heterocycles. The molecule has 1 fully saturated rings. The molecule has 3 rings (SSSR count). The fourth-order valence-corrected chi connectivity index (χ4v) is 3.29. The zero-order valence-electron chi connectivity index (χ0n) is 16.6. The minimum absolute atomic E-state index is 0.124. The van der Waals surface area contributed by atoms with Gasteiger partial charge in [-0.1, -0.05) is 19.1 Å². The van der Waals surface area contributed by atoms with E-state index >= 15 is 0 Å². The summed E-state index contributed by atoms with van der Waals surface area (Å²) in [4.78, 5) is 32.3. The predicted molar refractivity (Wildman–Crippen MR) is 106 cm³/mol. The Hall–Kier alpha value is -3.10. The van der Waals surface area contributed by atoms with E-state index in [0.717, 1.165) is 12.5 Å². The summed E-state index contributed by atoms with van der Waals surface area (Å²) < 4.78 is 39.8. The van der Waals surface area contributed by atoms with Gasteiger partial charge in [-0.15, -0.1) is 0 Å². The molecular formula is C21H23F3N4O2. The number of nitrogens with zero attached hydrogens (tertiary/aromatic N) is 3. The van der Waals surface area contributed by atoms with Crippen molar-refractivity contribution in [3.63, 3.8) is 0 Å². The molecule has 0 atom stereocenters. The summed E-state index contributed by atoms with van der Waals surface area (Å²) in [5.41, 5.74) is -0.869. The van der Waals surface area contributed by atoms with Crippen molar-refractivity contribution in [3.8, 4) is 0 Å². The number of carbonyl (C=O) groups is 2. The average Bonchev–Trinajstić information content (AvgIpc) is 2.76. The van der Waals surface area contributed by atoms with Crippen LogP contribution in [0.15, 0.2) is 42.6 Å². The molecule has 0 radical (unpaired) electrons. The van der Waals surface area contributed by atoms with E-state index in [4.69, 9.17) is 0 Å². The normalized spacial score (nSPS) is 14.5. The fourth-order valence-electron chi connectivity index (χ4n) is 3.29. The summed E-state index contributed by atoms with van der Waals surface area (Å²) in [6.45, 7) is 3.62. The van der Waals surface area contributed by atoms with Gasteiger partial charge in [-0.3, -0.25) is 9.59 Å². The third-order valence-corrected chi connectivity index (χ3v) is 4.82. The Morgan fingerprint density at radius 1 is 1.13 bits per heavy atom. The lowest BCUT2D eigenvalue weighted by atomic mass is 10.1. The maximum atomic E-state index is 13.3. The van der Waals surface area contributed by atoms with Crippen molar-refractivity contribution in [2.24, 2.45) is 0 Å². The molecule has 1 aliphatic heterocycles. The van der Waals surface area contributed by atoms with Crippen LogP contribution in [0.2, 0.25) is 0 Å². The van der Waals surface area contributed by atoms with E-state index in [2.05, 4.69) is 10.3 Å². The number of pyridine rings is 1. The number of anilines is 1. The zero-order valence-corrected chi connectivity index (χ0v) is 16.6. The lowest BCUT2D eigenvalue weighted by Gasteiger charge is -2.36. The predicted octanol–water partition coefficient (Wildman–Crippen LogP) is 3.55. The van der Waals surface area contributed by atoms with Gasteiger partial charge >= 0.3 is 6.18 Å². The van der Waals surface area contributed by atoms with E-state index in [1.165, 1.54) is 29.3 Å². The Morgan fingerprint density at radius 3 is 2.57 bits per heavy atom.